The molecule has 6 nitrogen and oxygen atoms in total. The lowest BCUT2D eigenvalue weighted by Gasteiger charge is -2.36. The Bertz CT molecular complexity index is 1670. The first kappa shape index (κ1) is 28.6. The first-order chi connectivity index (χ1) is 21.5. The number of rotatable bonds is 9. The van der Waals surface area contributed by atoms with Gasteiger partial charge in [0, 0.05) is 17.5 Å². The van der Waals surface area contributed by atoms with Gasteiger partial charge in [0.25, 0.3) is 5.91 Å². The summed E-state index contributed by atoms with van der Waals surface area (Å²) in [6.07, 6.45) is -2.09. The van der Waals surface area contributed by atoms with Gasteiger partial charge in [-0.2, -0.15) is 0 Å². The first-order valence-corrected chi connectivity index (χ1v) is 14.5. The Hall–Kier alpha value is -5.49. The van der Waals surface area contributed by atoms with Crippen LogP contribution in [0.15, 0.2) is 152 Å². The van der Waals surface area contributed by atoms with Crippen LogP contribution in [0, 0.1) is 0 Å². The molecule has 0 spiro atoms. The van der Waals surface area contributed by atoms with Gasteiger partial charge >= 0.3 is 11.9 Å². The van der Waals surface area contributed by atoms with Gasteiger partial charge in [0.2, 0.25) is 6.23 Å². The smallest absolute Gasteiger partial charge is 0.335 e. The summed E-state index contributed by atoms with van der Waals surface area (Å²) in [6, 6.07) is 46.1. The minimum absolute atomic E-state index is 0.0605. The molecule has 1 aliphatic heterocycles. The summed E-state index contributed by atoms with van der Waals surface area (Å²) in [6.45, 7) is 0. The van der Waals surface area contributed by atoms with Crippen LogP contribution in [0.1, 0.15) is 51.4 Å². The van der Waals surface area contributed by atoms with E-state index in [1.807, 2.05) is 115 Å². The SMILES string of the molecule is O=C(C[C@@]1(Cc2ccccc2)C(=O)O[C@H](c2ccccc2)N1C(=O)c1ccccc1)OC(c1ccccc1)c1ccccc1. The zero-order chi connectivity index (χ0) is 30.4. The van der Waals surface area contributed by atoms with E-state index in [2.05, 4.69) is 0 Å². The highest BCUT2D eigenvalue weighted by molar-refractivity contribution is 6.01. The molecule has 0 unspecified atom stereocenters. The third-order valence-corrected chi connectivity index (χ3v) is 7.85. The molecule has 0 N–H and O–H groups in total. The van der Waals surface area contributed by atoms with Gasteiger partial charge in [-0.15, -0.1) is 0 Å². The van der Waals surface area contributed by atoms with Crippen LogP contribution in [0.3, 0.4) is 0 Å². The fourth-order valence-corrected chi connectivity index (χ4v) is 5.75. The second-order valence-corrected chi connectivity index (χ2v) is 10.8. The molecule has 1 amide bonds. The van der Waals surface area contributed by atoms with E-state index in [1.165, 1.54) is 4.90 Å². The van der Waals surface area contributed by atoms with Crippen LogP contribution >= 0.6 is 0 Å². The average Bonchev–Trinajstić information content (AvgIpc) is 3.35. The maximum atomic E-state index is 14.4. The molecule has 5 aromatic rings. The number of ether oxygens (including phenoxy) is 2. The van der Waals surface area contributed by atoms with Gasteiger partial charge in [-0.05, 0) is 28.8 Å². The number of cyclic esters (lactones) is 1. The number of amides is 1. The highest BCUT2D eigenvalue weighted by Gasteiger charge is 2.59. The summed E-state index contributed by atoms with van der Waals surface area (Å²) in [7, 11) is 0. The lowest BCUT2D eigenvalue weighted by molar-refractivity contribution is -0.155. The molecule has 0 bridgehead atoms. The Balaban J connectivity index is 1.44. The van der Waals surface area contributed by atoms with Crippen LogP contribution in [0.2, 0.25) is 0 Å². The highest BCUT2D eigenvalue weighted by Crippen LogP contribution is 2.44. The summed E-state index contributed by atoms with van der Waals surface area (Å²) in [5.41, 5.74) is 1.68. The van der Waals surface area contributed by atoms with Crippen molar-refractivity contribution in [3.63, 3.8) is 0 Å². The molecule has 1 saturated heterocycles. The van der Waals surface area contributed by atoms with E-state index in [0.717, 1.165) is 16.7 Å². The quantitative estimate of drug-likeness (QED) is 0.174. The van der Waals surface area contributed by atoms with Gasteiger partial charge < -0.3 is 9.47 Å². The number of carbonyl (C=O) groups is 3. The van der Waals surface area contributed by atoms with Crippen molar-refractivity contribution in [3.05, 3.63) is 179 Å². The molecular weight excluding hydrogens is 550 g/mol. The van der Waals surface area contributed by atoms with Crippen LogP contribution in [-0.2, 0) is 25.5 Å². The van der Waals surface area contributed by atoms with Crippen molar-refractivity contribution in [1.29, 1.82) is 0 Å². The van der Waals surface area contributed by atoms with Gasteiger partial charge in [-0.1, -0.05) is 140 Å². The van der Waals surface area contributed by atoms with Crippen molar-refractivity contribution in [1.82, 2.24) is 4.90 Å². The Morgan fingerprint density at radius 3 is 1.70 bits per heavy atom. The van der Waals surface area contributed by atoms with E-state index in [0.29, 0.717) is 11.1 Å². The van der Waals surface area contributed by atoms with Crippen molar-refractivity contribution in [2.75, 3.05) is 0 Å². The van der Waals surface area contributed by atoms with E-state index in [1.54, 1.807) is 36.4 Å². The second kappa shape index (κ2) is 12.8. The number of esters is 2. The lowest BCUT2D eigenvalue weighted by atomic mass is 9.85. The molecule has 1 heterocycles. The summed E-state index contributed by atoms with van der Waals surface area (Å²) in [5, 5.41) is 0. The van der Waals surface area contributed by atoms with Gasteiger partial charge in [0.15, 0.2) is 11.6 Å². The predicted molar refractivity (Wildman–Crippen MR) is 166 cm³/mol. The molecule has 1 fully saturated rings. The monoisotopic (exact) mass is 581 g/mol. The van der Waals surface area contributed by atoms with Crippen molar-refractivity contribution in [2.45, 2.75) is 30.7 Å². The predicted octanol–water partition coefficient (Wildman–Crippen LogP) is 7.09. The van der Waals surface area contributed by atoms with Crippen LogP contribution < -0.4 is 0 Å². The molecule has 1 aliphatic rings. The first-order valence-electron chi connectivity index (χ1n) is 14.5. The molecule has 0 radical (unpaired) electrons. The van der Waals surface area contributed by atoms with Gasteiger partial charge in [0.1, 0.15) is 0 Å². The Labute approximate surface area is 256 Å². The van der Waals surface area contributed by atoms with Gasteiger partial charge in [-0.25, -0.2) is 4.79 Å². The molecule has 6 rings (SSSR count). The van der Waals surface area contributed by atoms with Crippen molar-refractivity contribution >= 4 is 17.8 Å². The molecule has 0 aliphatic carbocycles. The van der Waals surface area contributed by atoms with Gasteiger partial charge in [0.05, 0.1) is 6.42 Å². The summed E-state index contributed by atoms with van der Waals surface area (Å²) in [4.78, 5) is 44.1. The zero-order valence-electron chi connectivity index (χ0n) is 24.0. The molecule has 44 heavy (non-hydrogen) atoms. The number of carbonyl (C=O) groups excluding carboxylic acids is 3. The minimum atomic E-state index is -1.68. The van der Waals surface area contributed by atoms with E-state index >= 15 is 0 Å². The fraction of sp³-hybridized carbons (Fsp3) is 0.132. The Morgan fingerprint density at radius 1 is 0.682 bits per heavy atom. The van der Waals surface area contributed by atoms with Crippen LogP contribution in [0.25, 0.3) is 0 Å². The molecule has 0 saturated carbocycles. The van der Waals surface area contributed by atoms with E-state index in [9.17, 15) is 14.4 Å². The molecule has 2 atom stereocenters. The summed E-state index contributed by atoms with van der Waals surface area (Å²) >= 11 is 0. The summed E-state index contributed by atoms with van der Waals surface area (Å²) < 4.78 is 12.2. The normalized spacial score (nSPS) is 17.7. The molecule has 6 heteroatoms. The van der Waals surface area contributed by atoms with E-state index in [-0.39, 0.29) is 6.42 Å². The number of hydrogen-bond acceptors (Lipinski definition) is 5. The van der Waals surface area contributed by atoms with Crippen LogP contribution in [0.5, 0.6) is 0 Å². The maximum absolute atomic E-state index is 14.4. The highest BCUT2D eigenvalue weighted by atomic mass is 16.6. The molecular formula is C38H31NO5. The van der Waals surface area contributed by atoms with Gasteiger partial charge in [-0.3, -0.25) is 14.5 Å². The average molecular weight is 582 g/mol. The van der Waals surface area contributed by atoms with Crippen LogP contribution in [-0.4, -0.2) is 28.3 Å². The summed E-state index contributed by atoms with van der Waals surface area (Å²) in [5.74, 6) is -1.71. The third kappa shape index (κ3) is 5.88. The fourth-order valence-electron chi connectivity index (χ4n) is 5.75. The largest absolute Gasteiger partial charge is 0.452 e. The Kier molecular flexibility index (Phi) is 8.32. The van der Waals surface area contributed by atoms with Crippen LogP contribution in [0.4, 0.5) is 0 Å². The van der Waals surface area contributed by atoms with E-state index < -0.39 is 42.1 Å². The van der Waals surface area contributed by atoms with Crippen molar-refractivity contribution in [2.24, 2.45) is 0 Å². The standard InChI is InChI=1S/C38H31NO5/c40-33(43-34(29-18-8-2-9-19-29)30-20-10-3-11-21-30)27-38(26-28-16-6-1-7-17-28)37(42)44-36(32-24-14-5-15-25-32)39(38)35(41)31-22-12-4-13-23-31/h1-25,34,36H,26-27H2/t36-,38+/m1/s1. The minimum Gasteiger partial charge on any atom is -0.452 e. The number of hydrogen-bond donors (Lipinski definition) is 0. The van der Waals surface area contributed by atoms with E-state index in [4.69, 9.17) is 9.47 Å². The van der Waals surface area contributed by atoms with Crippen molar-refractivity contribution < 1.29 is 23.9 Å². The maximum Gasteiger partial charge on any atom is 0.335 e. The molecule has 0 aromatic heterocycles. The number of benzene rings is 5. The zero-order valence-corrected chi connectivity index (χ0v) is 24.0. The topological polar surface area (TPSA) is 72.9 Å². The molecule has 218 valence electrons. The molecule has 5 aromatic carbocycles. The second-order valence-electron chi connectivity index (χ2n) is 10.8. The Morgan fingerprint density at radius 2 is 1.16 bits per heavy atom. The van der Waals surface area contributed by atoms with Crippen molar-refractivity contribution in [3.8, 4) is 0 Å². The lowest BCUT2D eigenvalue weighted by Crippen LogP contribution is -2.55. The third-order valence-electron chi connectivity index (χ3n) is 7.85. The number of nitrogens with zero attached hydrogens (tertiary/aromatic N) is 1.